The predicted molar refractivity (Wildman–Crippen MR) is 141 cm³/mol. The van der Waals surface area contributed by atoms with Crippen molar-refractivity contribution in [2.24, 2.45) is 0 Å². The van der Waals surface area contributed by atoms with Crippen molar-refractivity contribution in [3.63, 3.8) is 0 Å². The Morgan fingerprint density at radius 1 is 0.909 bits per heavy atom. The quantitative estimate of drug-likeness (QED) is 0.255. The minimum Gasteiger partial charge on any atom is -0.339 e. The number of halogens is 7. The van der Waals surface area contributed by atoms with Gasteiger partial charge in [0.15, 0.2) is 23.1 Å². The van der Waals surface area contributed by atoms with Crippen LogP contribution in [0.4, 0.5) is 36.4 Å². The number of nitrogens with zero attached hydrogens (tertiary/aromatic N) is 5. The van der Waals surface area contributed by atoms with Crippen LogP contribution in [0.25, 0.3) is 16.9 Å². The van der Waals surface area contributed by atoms with Crippen molar-refractivity contribution < 1.29 is 40.3 Å². The van der Waals surface area contributed by atoms with Crippen LogP contribution in [-0.4, -0.2) is 56.8 Å². The molecule has 0 aliphatic carbocycles. The first-order valence-corrected chi connectivity index (χ1v) is 13.3. The Balaban J connectivity index is 1.29. The minimum atomic E-state index is -4.91. The molecule has 2 fully saturated rings. The van der Waals surface area contributed by atoms with E-state index in [0.717, 1.165) is 22.9 Å². The van der Waals surface area contributed by atoms with Crippen LogP contribution in [0.1, 0.15) is 28.9 Å². The number of carbonyl (C=O) groups excluding carboxylic acids is 2. The molecule has 228 valence electrons. The number of aromatic nitrogens is 3. The summed E-state index contributed by atoms with van der Waals surface area (Å²) in [6, 6.07) is 8.52. The van der Waals surface area contributed by atoms with Gasteiger partial charge in [0.1, 0.15) is 11.4 Å². The smallest absolute Gasteiger partial charge is 0.339 e. The van der Waals surface area contributed by atoms with E-state index in [4.69, 9.17) is 0 Å². The second-order valence-electron chi connectivity index (χ2n) is 10.4. The van der Waals surface area contributed by atoms with E-state index >= 15 is 0 Å². The third-order valence-electron chi connectivity index (χ3n) is 7.88. The topological polar surface area (TPSA) is 83.4 Å². The van der Waals surface area contributed by atoms with Crippen molar-refractivity contribution in [1.82, 2.24) is 25.0 Å². The molecule has 4 aromatic rings. The first kappa shape index (κ1) is 29.1. The second-order valence-corrected chi connectivity index (χ2v) is 10.4. The molecule has 2 amide bonds. The van der Waals surface area contributed by atoms with E-state index in [9.17, 15) is 40.3 Å². The minimum absolute atomic E-state index is 0.0267. The first-order valence-electron chi connectivity index (χ1n) is 13.3. The first-order chi connectivity index (χ1) is 20.9. The van der Waals surface area contributed by atoms with Crippen LogP contribution < -0.4 is 10.2 Å². The van der Waals surface area contributed by atoms with Crippen molar-refractivity contribution in [2.45, 2.75) is 24.6 Å². The lowest BCUT2D eigenvalue weighted by Crippen LogP contribution is -2.57. The number of benzene rings is 2. The molecule has 2 aliphatic heterocycles. The molecule has 0 bridgehead atoms. The molecule has 2 aromatic heterocycles. The van der Waals surface area contributed by atoms with E-state index < -0.39 is 52.4 Å². The van der Waals surface area contributed by atoms with Crippen LogP contribution in [0, 0.1) is 23.3 Å². The van der Waals surface area contributed by atoms with E-state index in [-0.39, 0.29) is 55.4 Å². The van der Waals surface area contributed by atoms with Gasteiger partial charge in [-0.05, 0) is 43.2 Å². The summed E-state index contributed by atoms with van der Waals surface area (Å²) in [4.78, 5) is 33.4. The number of rotatable bonds is 4. The SMILES string of the molecule is O=C(c1cc(-c2cccnc2)n(-c2ccc(C(F)(F)F)c(F)c2)n1)N1CCC2(CC1)C(=O)NCN2c1cc(F)c(F)c(F)c1. The lowest BCUT2D eigenvalue weighted by atomic mass is 9.85. The molecular weight excluding hydrogens is 597 g/mol. The van der Waals surface area contributed by atoms with Crippen molar-refractivity contribution in [3.05, 3.63) is 95.5 Å². The summed E-state index contributed by atoms with van der Waals surface area (Å²) in [5.41, 5.74) is -2.21. The Morgan fingerprint density at radius 2 is 1.59 bits per heavy atom. The number of anilines is 1. The number of carbonyl (C=O) groups is 2. The van der Waals surface area contributed by atoms with E-state index in [1.54, 1.807) is 12.1 Å². The van der Waals surface area contributed by atoms with Gasteiger partial charge in [-0.3, -0.25) is 14.6 Å². The average Bonchev–Trinajstić information content (AvgIpc) is 3.57. The van der Waals surface area contributed by atoms with Crippen LogP contribution in [0.15, 0.2) is 60.9 Å². The van der Waals surface area contributed by atoms with Gasteiger partial charge in [0.2, 0.25) is 5.91 Å². The van der Waals surface area contributed by atoms with Crippen molar-refractivity contribution >= 4 is 17.5 Å². The van der Waals surface area contributed by atoms with Crippen LogP contribution in [-0.2, 0) is 11.0 Å². The van der Waals surface area contributed by atoms with E-state index in [2.05, 4.69) is 15.4 Å². The van der Waals surface area contributed by atoms with Gasteiger partial charge in [-0.25, -0.2) is 22.2 Å². The molecule has 1 spiro atoms. The van der Waals surface area contributed by atoms with Gasteiger partial charge in [-0.15, -0.1) is 0 Å². The molecule has 0 saturated carbocycles. The number of hydrogen-bond acceptors (Lipinski definition) is 5. The molecule has 0 atom stereocenters. The normalized spacial score (nSPS) is 16.5. The summed E-state index contributed by atoms with van der Waals surface area (Å²) in [5.74, 6) is -6.95. The summed E-state index contributed by atoms with van der Waals surface area (Å²) in [6.07, 6.45) is -1.84. The standard InChI is InChI=1S/C29H21F7N6O2/c30-20-10-17(3-4-19(20)29(34,35)36)42-24(16-2-1-7-37-14-16)13-23(39-42)26(43)40-8-5-28(6-9-40)27(44)38-15-41(28)18-11-21(31)25(33)22(32)12-18/h1-4,7,10-14H,5-6,8-9,15H2,(H,38,44). The van der Waals surface area contributed by atoms with Gasteiger partial charge in [0, 0.05) is 54.9 Å². The highest BCUT2D eigenvalue weighted by molar-refractivity contribution is 5.96. The molecule has 8 nitrogen and oxygen atoms in total. The van der Waals surface area contributed by atoms with Gasteiger partial charge in [-0.2, -0.15) is 18.3 Å². The zero-order valence-electron chi connectivity index (χ0n) is 22.5. The second kappa shape index (κ2) is 10.6. The van der Waals surface area contributed by atoms with Crippen molar-refractivity contribution in [1.29, 1.82) is 0 Å². The summed E-state index contributed by atoms with van der Waals surface area (Å²) in [7, 11) is 0. The highest BCUT2D eigenvalue weighted by Crippen LogP contribution is 2.38. The van der Waals surface area contributed by atoms with Gasteiger partial charge in [0.25, 0.3) is 5.91 Å². The number of alkyl halides is 3. The third-order valence-corrected chi connectivity index (χ3v) is 7.88. The maximum atomic E-state index is 14.5. The van der Waals surface area contributed by atoms with Crippen LogP contribution >= 0.6 is 0 Å². The maximum Gasteiger partial charge on any atom is 0.419 e. The fraction of sp³-hybridized carbons (Fsp3) is 0.241. The predicted octanol–water partition coefficient (Wildman–Crippen LogP) is 5.08. The molecule has 0 unspecified atom stereocenters. The third kappa shape index (κ3) is 4.91. The van der Waals surface area contributed by atoms with Gasteiger partial charge in [-0.1, -0.05) is 0 Å². The maximum absolute atomic E-state index is 14.5. The Morgan fingerprint density at radius 3 is 2.20 bits per heavy atom. The molecule has 1 N–H and O–H groups in total. The van der Waals surface area contributed by atoms with E-state index in [1.165, 1.54) is 28.3 Å². The molecule has 6 rings (SSSR count). The zero-order valence-corrected chi connectivity index (χ0v) is 22.5. The summed E-state index contributed by atoms with van der Waals surface area (Å²) in [6.45, 7) is -0.0301. The molecule has 0 radical (unpaired) electrons. The number of piperidine rings is 1. The molecule has 2 aliphatic rings. The zero-order chi connectivity index (χ0) is 31.4. The summed E-state index contributed by atoms with van der Waals surface area (Å²) < 4.78 is 96.6. The molecular formula is C29H21F7N6O2. The Kier molecular flexibility index (Phi) is 7.05. The largest absolute Gasteiger partial charge is 0.419 e. The molecule has 15 heteroatoms. The Hall–Kier alpha value is -4.95. The number of amides is 2. The highest BCUT2D eigenvalue weighted by atomic mass is 19.4. The van der Waals surface area contributed by atoms with Crippen LogP contribution in [0.3, 0.4) is 0 Å². The van der Waals surface area contributed by atoms with Crippen molar-refractivity contribution in [2.75, 3.05) is 24.7 Å². The van der Waals surface area contributed by atoms with Gasteiger partial charge >= 0.3 is 6.18 Å². The number of pyridine rings is 1. The van der Waals surface area contributed by atoms with E-state index in [0.29, 0.717) is 17.7 Å². The Labute approximate surface area is 244 Å². The molecule has 2 aromatic carbocycles. The van der Waals surface area contributed by atoms with Gasteiger partial charge in [0.05, 0.1) is 23.6 Å². The molecule has 4 heterocycles. The number of nitrogens with one attached hydrogen (secondary N) is 1. The fourth-order valence-electron chi connectivity index (χ4n) is 5.63. The average molecular weight is 619 g/mol. The Bertz CT molecular complexity index is 1740. The molecule has 44 heavy (non-hydrogen) atoms. The lowest BCUT2D eigenvalue weighted by Gasteiger charge is -2.43. The van der Waals surface area contributed by atoms with Gasteiger partial charge < -0.3 is 15.1 Å². The monoisotopic (exact) mass is 618 g/mol. The summed E-state index contributed by atoms with van der Waals surface area (Å²) >= 11 is 0. The summed E-state index contributed by atoms with van der Waals surface area (Å²) in [5, 5.41) is 6.95. The van der Waals surface area contributed by atoms with Crippen LogP contribution in [0.5, 0.6) is 0 Å². The number of hydrogen-bond donors (Lipinski definition) is 1. The fourth-order valence-corrected chi connectivity index (χ4v) is 5.63. The molecule has 2 saturated heterocycles. The van der Waals surface area contributed by atoms with E-state index in [1.807, 2.05) is 0 Å². The lowest BCUT2D eigenvalue weighted by molar-refractivity contribution is -0.140. The number of likely N-dealkylation sites (tertiary alicyclic amines) is 1. The van der Waals surface area contributed by atoms with Crippen molar-refractivity contribution in [3.8, 4) is 16.9 Å². The van der Waals surface area contributed by atoms with Crippen LogP contribution in [0.2, 0.25) is 0 Å². The highest BCUT2D eigenvalue weighted by Gasteiger charge is 2.51.